The van der Waals surface area contributed by atoms with Gasteiger partial charge in [0.25, 0.3) is 11.5 Å². The Labute approximate surface area is 180 Å². The lowest BCUT2D eigenvalue weighted by Gasteiger charge is -2.45. The minimum atomic E-state index is -0.433. The lowest BCUT2D eigenvalue weighted by atomic mass is 9.84. The van der Waals surface area contributed by atoms with Crippen LogP contribution in [0.4, 0.5) is 4.39 Å². The number of likely N-dealkylation sites (tertiary alicyclic amines) is 1. The number of carbonyl (C=O) groups excluding carboxylic acids is 1. The number of rotatable bonds is 4. The molecule has 0 spiro atoms. The van der Waals surface area contributed by atoms with Gasteiger partial charge in [-0.05, 0) is 36.8 Å². The van der Waals surface area contributed by atoms with Crippen LogP contribution in [0.15, 0.2) is 41.3 Å². The van der Waals surface area contributed by atoms with Crippen molar-refractivity contribution >= 4 is 11.6 Å². The van der Waals surface area contributed by atoms with Crippen LogP contribution in [0.5, 0.6) is 0 Å². The molecule has 2 atom stereocenters. The van der Waals surface area contributed by atoms with Gasteiger partial charge in [-0.2, -0.15) is 9.61 Å². The van der Waals surface area contributed by atoms with E-state index in [9.17, 15) is 14.0 Å². The van der Waals surface area contributed by atoms with E-state index >= 15 is 0 Å². The van der Waals surface area contributed by atoms with Gasteiger partial charge in [0, 0.05) is 24.6 Å². The van der Waals surface area contributed by atoms with Gasteiger partial charge in [0.05, 0.1) is 18.6 Å². The first-order chi connectivity index (χ1) is 15.1. The van der Waals surface area contributed by atoms with Crippen molar-refractivity contribution in [3.05, 3.63) is 58.0 Å². The van der Waals surface area contributed by atoms with Crippen LogP contribution in [0.2, 0.25) is 0 Å². The molecule has 1 amide bonds. The van der Waals surface area contributed by atoms with Crippen molar-refractivity contribution in [2.75, 3.05) is 13.2 Å². The maximum Gasteiger partial charge on any atom is 0.274 e. The van der Waals surface area contributed by atoms with Crippen molar-refractivity contribution in [2.24, 2.45) is 5.92 Å². The van der Waals surface area contributed by atoms with Crippen molar-refractivity contribution in [1.82, 2.24) is 19.5 Å². The summed E-state index contributed by atoms with van der Waals surface area (Å²) in [6.45, 7) is 1.80. The van der Waals surface area contributed by atoms with Gasteiger partial charge in [0.15, 0.2) is 5.65 Å². The molecule has 1 N–H and O–H groups in total. The highest BCUT2D eigenvalue weighted by molar-refractivity contribution is 6.00. The van der Waals surface area contributed by atoms with Gasteiger partial charge in [-0.1, -0.05) is 43.5 Å². The van der Waals surface area contributed by atoms with E-state index in [2.05, 4.69) is 22.2 Å². The number of hydrogen-bond acceptors (Lipinski definition) is 3. The molecule has 0 radical (unpaired) electrons. The fourth-order valence-electron chi connectivity index (χ4n) is 4.96. The second-order valence-electron chi connectivity index (χ2n) is 8.91. The van der Waals surface area contributed by atoms with Gasteiger partial charge >= 0.3 is 0 Å². The third kappa shape index (κ3) is 3.46. The molecular formula is C24H27FN4O2. The van der Waals surface area contributed by atoms with E-state index in [-0.39, 0.29) is 23.4 Å². The zero-order valence-electron chi connectivity index (χ0n) is 17.7. The number of H-pyrrole nitrogens is 1. The summed E-state index contributed by atoms with van der Waals surface area (Å²) in [5.74, 6) is 0.269. The Hall–Kier alpha value is -2.96. The average molecular weight is 423 g/mol. The van der Waals surface area contributed by atoms with Crippen LogP contribution in [0.1, 0.15) is 60.9 Å². The second-order valence-corrected chi connectivity index (χ2v) is 8.91. The van der Waals surface area contributed by atoms with Crippen LogP contribution in [-0.2, 0) is 0 Å². The molecule has 1 saturated heterocycles. The molecule has 3 aromatic rings. The summed E-state index contributed by atoms with van der Waals surface area (Å²) in [4.78, 5) is 30.5. The molecule has 1 aliphatic heterocycles. The number of halogens is 1. The van der Waals surface area contributed by atoms with E-state index in [0.29, 0.717) is 29.4 Å². The smallest absolute Gasteiger partial charge is 0.274 e. The van der Waals surface area contributed by atoms with Gasteiger partial charge in [0.1, 0.15) is 5.56 Å². The van der Waals surface area contributed by atoms with Crippen molar-refractivity contribution in [2.45, 2.75) is 51.0 Å². The van der Waals surface area contributed by atoms with Crippen molar-refractivity contribution in [1.29, 1.82) is 0 Å². The zero-order chi connectivity index (χ0) is 21.5. The van der Waals surface area contributed by atoms with Crippen LogP contribution in [0.3, 0.4) is 0 Å². The van der Waals surface area contributed by atoms with Crippen molar-refractivity contribution in [3.63, 3.8) is 0 Å². The lowest BCUT2D eigenvalue weighted by Crippen LogP contribution is -2.57. The minimum absolute atomic E-state index is 0.122. The molecule has 2 unspecified atom stereocenters. The highest BCUT2D eigenvalue weighted by Gasteiger charge is 2.39. The molecule has 1 saturated carbocycles. The Bertz CT molecular complexity index is 1160. The third-order valence-corrected chi connectivity index (χ3v) is 7.09. The van der Waals surface area contributed by atoms with Gasteiger partial charge < -0.3 is 9.88 Å². The fourth-order valence-corrected chi connectivity index (χ4v) is 4.96. The summed E-state index contributed by atoms with van der Waals surface area (Å²) >= 11 is 0. The monoisotopic (exact) mass is 422 g/mol. The second kappa shape index (κ2) is 7.94. The average Bonchev–Trinajstić information content (AvgIpc) is 3.24. The van der Waals surface area contributed by atoms with Crippen LogP contribution in [0.25, 0.3) is 16.9 Å². The maximum atomic E-state index is 13.0. The summed E-state index contributed by atoms with van der Waals surface area (Å²) in [5, 5.41) is 4.11. The largest absolute Gasteiger partial charge is 0.339 e. The summed E-state index contributed by atoms with van der Waals surface area (Å²) in [7, 11) is 0. The zero-order valence-corrected chi connectivity index (χ0v) is 17.7. The van der Waals surface area contributed by atoms with E-state index in [0.717, 1.165) is 5.56 Å². The Balaban J connectivity index is 1.46. The first-order valence-corrected chi connectivity index (χ1v) is 11.1. The van der Waals surface area contributed by atoms with E-state index in [1.807, 2.05) is 19.1 Å². The van der Waals surface area contributed by atoms with Crippen LogP contribution < -0.4 is 5.56 Å². The number of nitrogens with zero attached hydrogens (tertiary/aromatic N) is 3. The molecule has 0 bridgehead atoms. The fraction of sp³-hybridized carbons (Fsp3) is 0.458. The third-order valence-electron chi connectivity index (χ3n) is 7.09. The number of hydrogen-bond donors (Lipinski definition) is 1. The molecular weight excluding hydrogens is 395 g/mol. The number of carbonyl (C=O) groups is 1. The number of aromatic nitrogens is 3. The van der Waals surface area contributed by atoms with Crippen LogP contribution >= 0.6 is 0 Å². The first kappa shape index (κ1) is 20.0. The van der Waals surface area contributed by atoms with Gasteiger partial charge in [-0.3, -0.25) is 14.0 Å². The summed E-state index contributed by atoms with van der Waals surface area (Å²) < 4.78 is 14.2. The molecule has 1 aliphatic carbocycles. The summed E-state index contributed by atoms with van der Waals surface area (Å²) in [6.07, 6.45) is 7.80. The number of aromatic amines is 1. The molecule has 1 aromatic carbocycles. The number of fused-ring (bicyclic) bond motifs is 1. The molecule has 7 heteroatoms. The Kier molecular flexibility index (Phi) is 5.12. The Morgan fingerprint density at radius 3 is 2.61 bits per heavy atom. The first-order valence-electron chi connectivity index (χ1n) is 11.1. The number of alkyl halides is 1. The highest BCUT2D eigenvalue weighted by atomic mass is 19.1. The van der Waals surface area contributed by atoms with Gasteiger partial charge in [-0.15, -0.1) is 0 Å². The molecule has 2 fully saturated rings. The standard InChI is InChI=1S/C24H27FN4O2/c1-15-19(12-25)14-28(15)24(31)20-13-26-29-22(30)11-21(27-23(20)29)18-9-7-17(8-10-18)16-5-3-2-4-6-16/h7-11,13,15-16,19,27H,2-6,12,14H2,1H3. The molecule has 6 nitrogen and oxygen atoms in total. The van der Waals surface area contributed by atoms with Gasteiger partial charge in [-0.25, -0.2) is 0 Å². The van der Waals surface area contributed by atoms with Crippen molar-refractivity contribution < 1.29 is 9.18 Å². The Morgan fingerprint density at radius 1 is 1.19 bits per heavy atom. The predicted molar refractivity (Wildman–Crippen MR) is 117 cm³/mol. The highest BCUT2D eigenvalue weighted by Crippen LogP contribution is 2.33. The summed E-state index contributed by atoms with van der Waals surface area (Å²) in [6, 6.07) is 9.72. The normalized spacial score (nSPS) is 21.9. The van der Waals surface area contributed by atoms with E-state index in [4.69, 9.17) is 0 Å². The number of amides is 1. The minimum Gasteiger partial charge on any atom is -0.339 e. The number of nitrogens with one attached hydrogen (secondary N) is 1. The molecule has 2 aliphatic rings. The molecule has 5 rings (SSSR count). The quantitative estimate of drug-likeness (QED) is 0.686. The van der Waals surface area contributed by atoms with Gasteiger partial charge in [0.2, 0.25) is 0 Å². The molecule has 31 heavy (non-hydrogen) atoms. The van der Waals surface area contributed by atoms with Crippen LogP contribution in [0, 0.1) is 5.92 Å². The molecule has 162 valence electrons. The Morgan fingerprint density at radius 2 is 1.94 bits per heavy atom. The van der Waals surface area contributed by atoms with Crippen molar-refractivity contribution in [3.8, 4) is 11.3 Å². The predicted octanol–water partition coefficient (Wildman–Crippen LogP) is 4.17. The topological polar surface area (TPSA) is 70.5 Å². The number of benzene rings is 1. The molecule has 3 heterocycles. The maximum absolute atomic E-state index is 13.0. The summed E-state index contributed by atoms with van der Waals surface area (Å²) in [5.41, 5.74) is 3.31. The van der Waals surface area contributed by atoms with E-state index in [1.165, 1.54) is 54.4 Å². The lowest BCUT2D eigenvalue weighted by molar-refractivity contribution is 0.0141. The van der Waals surface area contributed by atoms with Crippen LogP contribution in [-0.4, -0.2) is 44.7 Å². The SMILES string of the molecule is CC1C(CF)CN1C(=O)c1cnn2c(=O)cc(-c3ccc(C4CCCCC4)cc3)[nH]c12. The van der Waals surface area contributed by atoms with E-state index in [1.54, 1.807) is 4.90 Å². The molecule has 2 aromatic heterocycles. The van der Waals surface area contributed by atoms with E-state index < -0.39 is 6.67 Å².